The Balaban J connectivity index is 3.21. The van der Waals surface area contributed by atoms with Crippen molar-refractivity contribution in [3.05, 3.63) is 41.5 Å². The average molecular weight is 181 g/mol. The van der Waals surface area contributed by atoms with Gasteiger partial charge in [-0.2, -0.15) is 0 Å². The molecule has 0 aliphatic heterocycles. The van der Waals surface area contributed by atoms with Gasteiger partial charge in [-0.3, -0.25) is 0 Å². The van der Waals surface area contributed by atoms with Crippen LogP contribution in [0.1, 0.15) is 23.6 Å². The minimum atomic E-state index is 0.588. The van der Waals surface area contributed by atoms with Gasteiger partial charge in [-0.05, 0) is 23.1 Å². The van der Waals surface area contributed by atoms with Crippen LogP contribution in [0.2, 0.25) is 0 Å². The number of rotatable bonds is 3. The van der Waals surface area contributed by atoms with Crippen molar-refractivity contribution < 1.29 is 0 Å². The van der Waals surface area contributed by atoms with E-state index in [2.05, 4.69) is 25.6 Å². The van der Waals surface area contributed by atoms with Gasteiger partial charge in [0.05, 0.1) is 0 Å². The lowest BCUT2D eigenvalue weighted by Gasteiger charge is -2.07. The number of halogens is 1. The predicted molar refractivity (Wildman–Crippen MR) is 55.5 cm³/mol. The van der Waals surface area contributed by atoms with Gasteiger partial charge in [0, 0.05) is 5.88 Å². The molecule has 12 heavy (non-hydrogen) atoms. The van der Waals surface area contributed by atoms with Crippen LogP contribution >= 0.6 is 11.6 Å². The third-order valence-electron chi connectivity index (χ3n) is 2.03. The number of hydrogen-bond donors (Lipinski definition) is 0. The Kier molecular flexibility index (Phi) is 3.36. The predicted octanol–water partition coefficient (Wildman–Crippen LogP) is 3.63. The van der Waals surface area contributed by atoms with E-state index < -0.39 is 0 Å². The molecule has 1 rings (SSSR count). The van der Waals surface area contributed by atoms with Crippen molar-refractivity contribution >= 4 is 17.7 Å². The van der Waals surface area contributed by atoms with Gasteiger partial charge >= 0.3 is 0 Å². The second kappa shape index (κ2) is 4.32. The van der Waals surface area contributed by atoms with Crippen LogP contribution in [0.25, 0.3) is 6.08 Å². The van der Waals surface area contributed by atoms with E-state index in [4.69, 9.17) is 11.6 Å². The molecular formula is C11H13Cl. The van der Waals surface area contributed by atoms with Gasteiger partial charge in [-0.15, -0.1) is 11.6 Å². The minimum Gasteiger partial charge on any atom is -0.122 e. The van der Waals surface area contributed by atoms with Crippen LogP contribution in [0.4, 0.5) is 0 Å². The molecule has 0 saturated carbocycles. The summed E-state index contributed by atoms with van der Waals surface area (Å²) in [5.74, 6) is 0.588. The molecule has 0 aliphatic carbocycles. The zero-order chi connectivity index (χ0) is 8.97. The zero-order valence-electron chi connectivity index (χ0n) is 7.31. The van der Waals surface area contributed by atoms with Crippen LogP contribution in [0.15, 0.2) is 24.8 Å². The largest absolute Gasteiger partial charge is 0.122 e. The zero-order valence-corrected chi connectivity index (χ0v) is 8.06. The molecule has 0 atom stereocenters. The molecule has 0 aromatic heterocycles. The molecular weight excluding hydrogens is 168 g/mol. The summed E-state index contributed by atoms with van der Waals surface area (Å²) in [5.41, 5.74) is 3.75. The summed E-state index contributed by atoms with van der Waals surface area (Å²) < 4.78 is 0. The van der Waals surface area contributed by atoms with E-state index in [1.54, 1.807) is 0 Å². The Hall–Kier alpha value is -0.750. The molecule has 0 saturated heterocycles. The van der Waals surface area contributed by atoms with Crippen molar-refractivity contribution in [3.8, 4) is 0 Å². The fourth-order valence-corrected chi connectivity index (χ4v) is 1.65. The SMILES string of the molecule is C=Cc1cccc(CCl)c1CC. The summed E-state index contributed by atoms with van der Waals surface area (Å²) in [7, 11) is 0. The fourth-order valence-electron chi connectivity index (χ4n) is 1.40. The normalized spacial score (nSPS) is 9.83. The first-order valence-electron chi connectivity index (χ1n) is 4.12. The summed E-state index contributed by atoms with van der Waals surface area (Å²) in [5, 5.41) is 0. The van der Waals surface area contributed by atoms with E-state index in [1.165, 1.54) is 16.7 Å². The lowest BCUT2D eigenvalue weighted by molar-refractivity contribution is 1.09. The number of hydrogen-bond acceptors (Lipinski definition) is 0. The third-order valence-corrected chi connectivity index (χ3v) is 2.31. The van der Waals surface area contributed by atoms with Gasteiger partial charge in [0.2, 0.25) is 0 Å². The van der Waals surface area contributed by atoms with Crippen molar-refractivity contribution in [2.45, 2.75) is 19.2 Å². The molecule has 0 radical (unpaired) electrons. The van der Waals surface area contributed by atoms with Gasteiger partial charge < -0.3 is 0 Å². The Labute approximate surface area is 78.9 Å². The number of alkyl halides is 1. The summed E-state index contributed by atoms with van der Waals surface area (Å²) in [6, 6.07) is 6.16. The molecule has 0 heterocycles. The van der Waals surface area contributed by atoms with Crippen LogP contribution in [0.3, 0.4) is 0 Å². The lowest BCUT2D eigenvalue weighted by Crippen LogP contribution is -1.92. The van der Waals surface area contributed by atoms with Crippen LogP contribution in [0.5, 0.6) is 0 Å². The number of benzene rings is 1. The Morgan fingerprint density at radius 3 is 2.75 bits per heavy atom. The third kappa shape index (κ3) is 1.70. The molecule has 0 unspecified atom stereocenters. The van der Waals surface area contributed by atoms with E-state index in [1.807, 2.05) is 12.1 Å². The molecule has 64 valence electrons. The van der Waals surface area contributed by atoms with Crippen LogP contribution in [0, 0.1) is 0 Å². The highest BCUT2D eigenvalue weighted by Crippen LogP contribution is 2.18. The van der Waals surface area contributed by atoms with Crippen molar-refractivity contribution in [2.24, 2.45) is 0 Å². The van der Waals surface area contributed by atoms with E-state index in [9.17, 15) is 0 Å². The van der Waals surface area contributed by atoms with E-state index in [0.717, 1.165) is 6.42 Å². The van der Waals surface area contributed by atoms with Crippen LogP contribution < -0.4 is 0 Å². The van der Waals surface area contributed by atoms with Crippen molar-refractivity contribution in [1.29, 1.82) is 0 Å². The first-order chi connectivity index (χ1) is 5.83. The molecule has 0 bridgehead atoms. The molecule has 0 nitrogen and oxygen atoms in total. The molecule has 0 amide bonds. The van der Waals surface area contributed by atoms with Crippen molar-refractivity contribution in [3.63, 3.8) is 0 Å². The first-order valence-corrected chi connectivity index (χ1v) is 4.66. The van der Waals surface area contributed by atoms with Gasteiger partial charge in [0.15, 0.2) is 0 Å². The Morgan fingerprint density at radius 2 is 2.25 bits per heavy atom. The van der Waals surface area contributed by atoms with Gasteiger partial charge in [-0.25, -0.2) is 0 Å². The highest BCUT2D eigenvalue weighted by molar-refractivity contribution is 6.17. The maximum Gasteiger partial charge on any atom is 0.0477 e. The minimum absolute atomic E-state index is 0.588. The molecule has 0 N–H and O–H groups in total. The topological polar surface area (TPSA) is 0 Å². The van der Waals surface area contributed by atoms with Crippen LogP contribution in [-0.2, 0) is 12.3 Å². The highest BCUT2D eigenvalue weighted by atomic mass is 35.5. The molecule has 1 aromatic rings. The molecule has 0 spiro atoms. The summed E-state index contributed by atoms with van der Waals surface area (Å²) >= 11 is 5.81. The highest BCUT2D eigenvalue weighted by Gasteiger charge is 2.01. The van der Waals surface area contributed by atoms with Crippen molar-refractivity contribution in [2.75, 3.05) is 0 Å². The lowest BCUT2D eigenvalue weighted by atomic mass is 10.00. The Bertz CT molecular complexity index is 276. The Morgan fingerprint density at radius 1 is 1.50 bits per heavy atom. The monoisotopic (exact) mass is 180 g/mol. The summed E-state index contributed by atoms with van der Waals surface area (Å²) in [4.78, 5) is 0. The second-order valence-corrected chi connectivity index (χ2v) is 2.94. The maximum atomic E-state index is 5.81. The quantitative estimate of drug-likeness (QED) is 0.624. The summed E-state index contributed by atoms with van der Waals surface area (Å²) in [6.07, 6.45) is 2.90. The van der Waals surface area contributed by atoms with Gasteiger partial charge in [0.1, 0.15) is 0 Å². The molecule has 1 heteroatoms. The molecule has 1 aromatic carbocycles. The average Bonchev–Trinajstić information content (AvgIpc) is 2.16. The smallest absolute Gasteiger partial charge is 0.0477 e. The maximum absolute atomic E-state index is 5.81. The first kappa shape index (κ1) is 9.34. The summed E-state index contributed by atoms with van der Waals surface area (Å²) in [6.45, 7) is 5.91. The molecule has 0 aliphatic rings. The second-order valence-electron chi connectivity index (χ2n) is 2.68. The van der Waals surface area contributed by atoms with Gasteiger partial charge in [0.25, 0.3) is 0 Å². The fraction of sp³-hybridized carbons (Fsp3) is 0.273. The standard InChI is InChI=1S/C11H13Cl/c1-3-9-6-5-7-10(8-12)11(9)4-2/h3,5-7H,1,4,8H2,2H3. The molecule has 0 fully saturated rings. The van der Waals surface area contributed by atoms with Crippen LogP contribution in [-0.4, -0.2) is 0 Å². The van der Waals surface area contributed by atoms with E-state index in [-0.39, 0.29) is 0 Å². The van der Waals surface area contributed by atoms with E-state index >= 15 is 0 Å². The van der Waals surface area contributed by atoms with Gasteiger partial charge in [-0.1, -0.05) is 37.8 Å². The van der Waals surface area contributed by atoms with Crippen molar-refractivity contribution in [1.82, 2.24) is 0 Å². The van der Waals surface area contributed by atoms with E-state index in [0.29, 0.717) is 5.88 Å².